The Morgan fingerprint density at radius 1 is 1.22 bits per heavy atom. The van der Waals surface area contributed by atoms with E-state index in [2.05, 4.69) is 5.32 Å². The lowest BCUT2D eigenvalue weighted by atomic mass is 10.2. The van der Waals surface area contributed by atoms with E-state index in [1.807, 2.05) is 6.07 Å². The van der Waals surface area contributed by atoms with E-state index in [0.29, 0.717) is 12.2 Å². The summed E-state index contributed by atoms with van der Waals surface area (Å²) >= 11 is 5.72. The number of esters is 1. The summed E-state index contributed by atoms with van der Waals surface area (Å²) in [7, 11) is 0. The van der Waals surface area contributed by atoms with Crippen LogP contribution in [0.4, 0.5) is 11.4 Å². The first-order valence-electron chi connectivity index (χ1n) is 8.02. The summed E-state index contributed by atoms with van der Waals surface area (Å²) in [5.74, 6) is -0.923. The standard InChI is InChI=1S/C18H17ClN2O6/c1-2-16(27-13-6-4-3-5-7-13)18(23)26-11-17(22)20-14-9-8-12(19)10-15(14)21(24)25/h3-10,16H,2,11H2,1H3,(H,20,22)/t16-/m1/s1. The highest BCUT2D eigenvalue weighted by molar-refractivity contribution is 6.31. The zero-order chi connectivity index (χ0) is 19.8. The summed E-state index contributed by atoms with van der Waals surface area (Å²) in [4.78, 5) is 34.4. The molecular formula is C18H17ClN2O6. The fourth-order valence-electron chi connectivity index (χ4n) is 2.14. The Kier molecular flexibility index (Phi) is 7.13. The normalized spacial score (nSPS) is 11.3. The van der Waals surface area contributed by atoms with Gasteiger partial charge in [-0.25, -0.2) is 4.79 Å². The Morgan fingerprint density at radius 3 is 2.56 bits per heavy atom. The highest BCUT2D eigenvalue weighted by Crippen LogP contribution is 2.27. The molecule has 0 aliphatic carbocycles. The molecule has 2 aromatic rings. The number of anilines is 1. The molecule has 8 nitrogen and oxygen atoms in total. The predicted molar refractivity (Wildman–Crippen MR) is 98.8 cm³/mol. The third kappa shape index (κ3) is 5.96. The van der Waals surface area contributed by atoms with Gasteiger partial charge < -0.3 is 14.8 Å². The van der Waals surface area contributed by atoms with Crippen molar-refractivity contribution in [2.75, 3.05) is 11.9 Å². The summed E-state index contributed by atoms with van der Waals surface area (Å²) in [5, 5.41) is 13.5. The molecule has 0 saturated carbocycles. The minimum absolute atomic E-state index is 0.0435. The smallest absolute Gasteiger partial charge is 0.347 e. The molecule has 2 rings (SSSR count). The molecule has 0 fully saturated rings. The Balaban J connectivity index is 1.92. The topological polar surface area (TPSA) is 108 Å². The SMILES string of the molecule is CC[C@@H](Oc1ccccc1)C(=O)OCC(=O)Nc1ccc(Cl)cc1[N+](=O)[O-]. The van der Waals surface area contributed by atoms with Crippen molar-refractivity contribution in [2.24, 2.45) is 0 Å². The van der Waals surface area contributed by atoms with E-state index in [1.165, 1.54) is 12.1 Å². The monoisotopic (exact) mass is 392 g/mol. The van der Waals surface area contributed by atoms with Gasteiger partial charge in [0.05, 0.1) is 4.92 Å². The van der Waals surface area contributed by atoms with Gasteiger partial charge in [0.15, 0.2) is 12.7 Å². The molecule has 0 saturated heterocycles. The summed E-state index contributed by atoms with van der Waals surface area (Å²) in [6.45, 7) is 1.14. The molecule has 1 atom stereocenters. The van der Waals surface area contributed by atoms with Gasteiger partial charge >= 0.3 is 5.97 Å². The van der Waals surface area contributed by atoms with Crippen LogP contribution in [0.1, 0.15) is 13.3 Å². The van der Waals surface area contributed by atoms with Gasteiger partial charge in [0.2, 0.25) is 0 Å². The molecule has 0 aliphatic rings. The number of benzene rings is 2. The molecule has 0 heterocycles. The maximum atomic E-state index is 12.1. The van der Waals surface area contributed by atoms with E-state index in [9.17, 15) is 19.7 Å². The summed E-state index contributed by atoms with van der Waals surface area (Å²) in [6, 6.07) is 12.5. The lowest BCUT2D eigenvalue weighted by Gasteiger charge is -2.16. The number of ether oxygens (including phenoxy) is 2. The van der Waals surface area contributed by atoms with Crippen molar-refractivity contribution in [3.63, 3.8) is 0 Å². The Bertz CT molecular complexity index is 828. The van der Waals surface area contributed by atoms with Crippen LogP contribution in [0.15, 0.2) is 48.5 Å². The van der Waals surface area contributed by atoms with Crippen LogP contribution >= 0.6 is 11.6 Å². The molecule has 0 unspecified atom stereocenters. The molecular weight excluding hydrogens is 376 g/mol. The van der Waals surface area contributed by atoms with E-state index in [0.717, 1.165) is 6.07 Å². The summed E-state index contributed by atoms with van der Waals surface area (Å²) in [6.07, 6.45) is -0.525. The van der Waals surface area contributed by atoms with Crippen LogP contribution in [-0.2, 0) is 14.3 Å². The average molecular weight is 393 g/mol. The first-order chi connectivity index (χ1) is 12.9. The van der Waals surface area contributed by atoms with Crippen LogP contribution in [-0.4, -0.2) is 29.5 Å². The van der Waals surface area contributed by atoms with Gasteiger partial charge in [-0.2, -0.15) is 0 Å². The minimum Gasteiger partial charge on any atom is -0.479 e. The van der Waals surface area contributed by atoms with Gasteiger partial charge in [-0.1, -0.05) is 36.7 Å². The maximum Gasteiger partial charge on any atom is 0.347 e. The van der Waals surface area contributed by atoms with E-state index >= 15 is 0 Å². The average Bonchev–Trinajstić information content (AvgIpc) is 2.66. The Morgan fingerprint density at radius 2 is 1.93 bits per heavy atom. The molecule has 1 N–H and O–H groups in total. The fraction of sp³-hybridized carbons (Fsp3) is 0.222. The van der Waals surface area contributed by atoms with Crippen LogP contribution in [0.25, 0.3) is 0 Å². The predicted octanol–water partition coefficient (Wildman–Crippen LogP) is 3.59. The molecule has 2 aromatic carbocycles. The number of halogens is 1. The van der Waals surface area contributed by atoms with Crippen molar-refractivity contribution in [2.45, 2.75) is 19.4 Å². The zero-order valence-electron chi connectivity index (χ0n) is 14.4. The lowest BCUT2D eigenvalue weighted by Crippen LogP contribution is -2.31. The number of nitro benzene ring substituents is 1. The highest BCUT2D eigenvalue weighted by Gasteiger charge is 2.22. The maximum absolute atomic E-state index is 12.1. The minimum atomic E-state index is -0.870. The van der Waals surface area contributed by atoms with Crippen LogP contribution < -0.4 is 10.1 Å². The number of carbonyl (C=O) groups is 2. The van der Waals surface area contributed by atoms with E-state index in [1.54, 1.807) is 31.2 Å². The quantitative estimate of drug-likeness (QED) is 0.418. The highest BCUT2D eigenvalue weighted by atomic mass is 35.5. The van der Waals surface area contributed by atoms with Crippen molar-refractivity contribution in [3.8, 4) is 5.75 Å². The number of hydrogen-bond donors (Lipinski definition) is 1. The lowest BCUT2D eigenvalue weighted by molar-refractivity contribution is -0.383. The molecule has 9 heteroatoms. The Labute approximate surface area is 160 Å². The number of hydrogen-bond acceptors (Lipinski definition) is 6. The van der Waals surface area contributed by atoms with Crippen LogP contribution in [0, 0.1) is 10.1 Å². The number of amides is 1. The fourth-order valence-corrected chi connectivity index (χ4v) is 2.31. The first-order valence-corrected chi connectivity index (χ1v) is 8.40. The Hall–Kier alpha value is -3.13. The number of para-hydroxylation sites is 1. The molecule has 0 radical (unpaired) electrons. The molecule has 0 aliphatic heterocycles. The zero-order valence-corrected chi connectivity index (χ0v) is 15.1. The molecule has 142 valence electrons. The third-order valence-corrected chi connectivity index (χ3v) is 3.67. The molecule has 0 aromatic heterocycles. The van der Waals surface area contributed by atoms with Crippen molar-refractivity contribution < 1.29 is 24.0 Å². The second-order valence-corrected chi connectivity index (χ2v) is 5.84. The van der Waals surface area contributed by atoms with Gasteiger partial charge in [0.1, 0.15) is 11.4 Å². The van der Waals surface area contributed by atoms with E-state index in [4.69, 9.17) is 21.1 Å². The van der Waals surface area contributed by atoms with Gasteiger partial charge in [0, 0.05) is 11.1 Å². The third-order valence-electron chi connectivity index (χ3n) is 3.43. The first kappa shape index (κ1) is 20.2. The van der Waals surface area contributed by atoms with Crippen LogP contribution in [0.5, 0.6) is 5.75 Å². The summed E-state index contributed by atoms with van der Waals surface area (Å²) < 4.78 is 10.5. The van der Waals surface area contributed by atoms with Crippen molar-refractivity contribution in [1.82, 2.24) is 0 Å². The molecule has 1 amide bonds. The number of rotatable bonds is 8. The van der Waals surface area contributed by atoms with Gasteiger partial charge in [0.25, 0.3) is 11.6 Å². The molecule has 0 spiro atoms. The summed E-state index contributed by atoms with van der Waals surface area (Å²) in [5.41, 5.74) is -0.404. The molecule has 0 bridgehead atoms. The second kappa shape index (κ2) is 9.54. The van der Waals surface area contributed by atoms with Crippen LogP contribution in [0.2, 0.25) is 5.02 Å². The number of nitrogens with zero attached hydrogens (tertiary/aromatic N) is 1. The largest absolute Gasteiger partial charge is 0.479 e. The number of nitro groups is 1. The van der Waals surface area contributed by atoms with Gasteiger partial charge in [-0.15, -0.1) is 0 Å². The second-order valence-electron chi connectivity index (χ2n) is 5.40. The van der Waals surface area contributed by atoms with E-state index < -0.39 is 29.5 Å². The van der Waals surface area contributed by atoms with Crippen molar-refractivity contribution in [3.05, 3.63) is 63.7 Å². The van der Waals surface area contributed by atoms with E-state index in [-0.39, 0.29) is 16.4 Å². The van der Waals surface area contributed by atoms with Crippen LogP contribution in [0.3, 0.4) is 0 Å². The van der Waals surface area contributed by atoms with Crippen molar-refractivity contribution in [1.29, 1.82) is 0 Å². The van der Waals surface area contributed by atoms with Crippen molar-refractivity contribution >= 4 is 34.9 Å². The number of carbonyl (C=O) groups excluding carboxylic acids is 2. The molecule has 27 heavy (non-hydrogen) atoms. The van der Waals surface area contributed by atoms with Gasteiger partial charge in [-0.05, 0) is 30.7 Å². The van der Waals surface area contributed by atoms with Gasteiger partial charge in [-0.3, -0.25) is 14.9 Å². The number of nitrogens with one attached hydrogen (secondary N) is 1.